The lowest BCUT2D eigenvalue weighted by molar-refractivity contribution is -0.269. The van der Waals surface area contributed by atoms with Crippen molar-refractivity contribution in [3.63, 3.8) is 0 Å². The minimum absolute atomic E-state index is 0.0505. The van der Waals surface area contributed by atoms with Gasteiger partial charge >= 0.3 is 5.97 Å². The molecule has 2 aromatic heterocycles. The Labute approximate surface area is 367 Å². The molecule has 4 aromatic rings. The van der Waals surface area contributed by atoms with Crippen molar-refractivity contribution in [3.05, 3.63) is 107 Å². The Morgan fingerprint density at radius 3 is 2.52 bits per heavy atom. The van der Waals surface area contributed by atoms with Gasteiger partial charge in [-0.3, -0.25) is 4.79 Å². The van der Waals surface area contributed by atoms with Crippen LogP contribution >= 0.6 is 0 Å². The standard InChI is InChI=1S/C52H69N3O7/c1-2-3-6-11-34-16-17-36(47(57)26-34)14-9-5-10-15-42(51(60)61)50(59)37-18-20-45-38(24-35-22-23-54-49(53)27-35)28-39(52(45,62)32-37)29-40-19-21-46(55-40)43-30-41(56)31-48(58)44(43)25-33-12-7-4-8-13-33/h4,7-8,12-13,16-17,19,21-23,27,30-31,34,36-39,42,45,47,50,55-59,62H,2-3,5-6,9-11,14-15,18,20,24-26,28-29,32H2,1H3,(H2,53,54)(H,60,61)/p-1/t34-,36-,37+,38+,39-,42+,45-,47-,50-,52-/m1/s1. The van der Waals surface area contributed by atoms with Crippen LogP contribution in [0.1, 0.15) is 119 Å². The van der Waals surface area contributed by atoms with Gasteiger partial charge in [-0.1, -0.05) is 87.9 Å². The number of carboxylic acid groups (broad SMARTS) is 1. The van der Waals surface area contributed by atoms with Gasteiger partial charge in [-0.15, -0.1) is 5.75 Å². The van der Waals surface area contributed by atoms with Crippen molar-refractivity contribution in [2.75, 3.05) is 5.73 Å². The van der Waals surface area contributed by atoms with Crippen LogP contribution in [0.4, 0.5) is 5.82 Å². The van der Waals surface area contributed by atoms with Crippen LogP contribution in [-0.2, 0) is 24.1 Å². The van der Waals surface area contributed by atoms with Gasteiger partial charge in [-0.2, -0.15) is 0 Å². The number of nitrogens with two attached hydrogens (primary N) is 1. The number of anilines is 1. The number of H-pyrrole nitrogens is 1. The summed E-state index contributed by atoms with van der Waals surface area (Å²) in [6.45, 7) is 2.21. The number of phenols is 1. The lowest BCUT2D eigenvalue weighted by atomic mass is 9.64. The molecule has 3 aliphatic carbocycles. The maximum Gasteiger partial charge on any atom is 0.309 e. The number of aromatic amines is 1. The summed E-state index contributed by atoms with van der Waals surface area (Å²) in [5, 5.41) is 69.7. The Morgan fingerprint density at radius 1 is 0.952 bits per heavy atom. The van der Waals surface area contributed by atoms with E-state index in [0.717, 1.165) is 61.8 Å². The lowest BCUT2D eigenvalue weighted by Gasteiger charge is -2.45. The van der Waals surface area contributed by atoms with Crippen LogP contribution in [0.2, 0.25) is 0 Å². The van der Waals surface area contributed by atoms with E-state index < -0.39 is 23.6 Å². The Morgan fingerprint density at radius 2 is 1.76 bits per heavy atom. The van der Waals surface area contributed by atoms with Crippen LogP contribution in [0, 0.1) is 41.4 Å². The van der Waals surface area contributed by atoms with Gasteiger partial charge in [-0.25, -0.2) is 4.98 Å². The predicted molar refractivity (Wildman–Crippen MR) is 241 cm³/mol. The van der Waals surface area contributed by atoms with E-state index in [2.05, 4.69) is 29.0 Å². The molecule has 62 heavy (non-hydrogen) atoms. The van der Waals surface area contributed by atoms with Crippen LogP contribution < -0.4 is 10.8 Å². The van der Waals surface area contributed by atoms with Gasteiger partial charge < -0.3 is 41.4 Å². The van der Waals surface area contributed by atoms with Crippen molar-refractivity contribution >= 4 is 11.8 Å². The third-order valence-corrected chi connectivity index (χ3v) is 14.8. The summed E-state index contributed by atoms with van der Waals surface area (Å²) in [5.41, 5.74) is 9.80. The van der Waals surface area contributed by atoms with E-state index in [-0.39, 0.29) is 47.2 Å². The van der Waals surface area contributed by atoms with Crippen molar-refractivity contribution in [2.45, 2.75) is 134 Å². The first kappa shape index (κ1) is 45.4. The van der Waals surface area contributed by atoms with Crippen molar-refractivity contribution in [2.24, 2.45) is 41.4 Å². The van der Waals surface area contributed by atoms with Crippen LogP contribution in [0.15, 0.2) is 85.1 Å². The quantitative estimate of drug-likeness (QED) is 0.0336. The second-order valence-corrected chi connectivity index (χ2v) is 19.0. The SMILES string of the molecule is CCCCC[C@@H]1C=C[C@@H](CCCCC[C@H](C(=O)O)[C@H](O)[C@H]2CC[C@@H]3[C@@H](Cc4ccnc(N)c4)C[C@H](Cc4ccc(-c5cc(O)cc([O-])c5Cc5ccccc5)[nH]4)[C@]3(O)C2)[C@H](O)C1. The number of aliphatic hydroxyl groups is 3. The van der Waals surface area contributed by atoms with Crippen LogP contribution in [0.3, 0.4) is 0 Å². The first-order valence-corrected chi connectivity index (χ1v) is 23.4. The number of fused-ring (bicyclic) bond motifs is 1. The number of benzene rings is 2. The minimum Gasteiger partial charge on any atom is -0.872 e. The highest BCUT2D eigenvalue weighted by molar-refractivity contribution is 5.71. The monoisotopic (exact) mass is 847 g/mol. The number of allylic oxidation sites excluding steroid dienone is 1. The molecule has 3 aliphatic rings. The van der Waals surface area contributed by atoms with Crippen molar-refractivity contribution in [1.82, 2.24) is 9.97 Å². The number of aromatic nitrogens is 2. The number of nitrogen functional groups attached to an aromatic ring is 1. The average Bonchev–Trinajstić information content (AvgIpc) is 3.82. The largest absolute Gasteiger partial charge is 0.872 e. The number of carboxylic acids is 1. The lowest BCUT2D eigenvalue weighted by Crippen LogP contribution is -2.50. The molecular formula is C52H68N3O7-. The molecule has 2 aromatic carbocycles. The molecule has 0 unspecified atom stereocenters. The summed E-state index contributed by atoms with van der Waals surface area (Å²) in [6, 6.07) is 20.4. The molecule has 10 nitrogen and oxygen atoms in total. The fraction of sp³-hybridized carbons (Fsp3) is 0.538. The number of hydrogen-bond acceptors (Lipinski definition) is 8. The highest BCUT2D eigenvalue weighted by atomic mass is 16.4. The molecule has 0 spiro atoms. The number of nitrogens with zero attached hydrogens (tertiary/aromatic N) is 1. The molecule has 10 atom stereocenters. The zero-order valence-corrected chi connectivity index (χ0v) is 36.4. The third-order valence-electron chi connectivity index (χ3n) is 14.8. The molecule has 0 aliphatic heterocycles. The van der Waals surface area contributed by atoms with E-state index in [1.165, 1.54) is 25.3 Å². The Balaban J connectivity index is 1.03. The Kier molecular flexibility index (Phi) is 15.1. The summed E-state index contributed by atoms with van der Waals surface area (Å²) in [6.07, 6.45) is 18.0. The predicted octanol–water partition coefficient (Wildman–Crippen LogP) is 8.74. The normalized spacial score (nSPS) is 26.9. The molecule has 8 N–H and O–H groups in total. The van der Waals surface area contributed by atoms with Crippen LogP contribution in [0.5, 0.6) is 11.5 Å². The van der Waals surface area contributed by atoms with E-state index in [4.69, 9.17) is 5.73 Å². The van der Waals surface area contributed by atoms with Crippen LogP contribution in [0.25, 0.3) is 11.3 Å². The number of aromatic hydroxyl groups is 1. The number of hydrogen-bond donors (Lipinski definition) is 7. The third kappa shape index (κ3) is 10.9. The molecule has 10 heteroatoms. The Hall–Kier alpha value is -4.64. The smallest absolute Gasteiger partial charge is 0.309 e. The second-order valence-electron chi connectivity index (χ2n) is 19.0. The number of pyridine rings is 1. The molecule has 7 rings (SSSR count). The van der Waals surface area contributed by atoms with Crippen molar-refractivity contribution < 1.29 is 35.4 Å². The van der Waals surface area contributed by atoms with Gasteiger partial charge in [0.05, 0.1) is 23.7 Å². The molecule has 0 bridgehead atoms. The molecule has 2 saturated carbocycles. The fourth-order valence-corrected chi connectivity index (χ4v) is 11.5. The Bertz CT molecular complexity index is 2100. The van der Waals surface area contributed by atoms with Gasteiger partial charge in [0.25, 0.3) is 0 Å². The van der Waals surface area contributed by atoms with Gasteiger partial charge in [0.2, 0.25) is 0 Å². The van der Waals surface area contributed by atoms with E-state index in [0.29, 0.717) is 73.5 Å². The van der Waals surface area contributed by atoms with Gasteiger partial charge in [0, 0.05) is 29.1 Å². The van der Waals surface area contributed by atoms with Crippen LogP contribution in [-0.4, -0.2) is 59.3 Å². The first-order valence-electron chi connectivity index (χ1n) is 23.4. The highest BCUT2D eigenvalue weighted by Gasteiger charge is 2.57. The van der Waals surface area contributed by atoms with E-state index in [9.17, 15) is 35.4 Å². The number of phenolic OH excluding ortho intramolecular Hbond substituents is 1. The number of nitrogens with one attached hydrogen (secondary N) is 1. The molecule has 0 radical (unpaired) electrons. The molecule has 334 valence electrons. The highest BCUT2D eigenvalue weighted by Crippen LogP contribution is 2.56. The van der Waals surface area contributed by atoms with Gasteiger partial charge in [0.15, 0.2) is 0 Å². The number of carbonyl (C=O) groups is 1. The van der Waals surface area contributed by atoms with E-state index >= 15 is 0 Å². The van der Waals surface area contributed by atoms with Crippen molar-refractivity contribution in [1.29, 1.82) is 0 Å². The zero-order valence-electron chi connectivity index (χ0n) is 36.4. The molecule has 2 fully saturated rings. The van der Waals surface area contributed by atoms with Gasteiger partial charge in [0.1, 0.15) is 11.6 Å². The summed E-state index contributed by atoms with van der Waals surface area (Å²) in [4.78, 5) is 20.4. The first-order chi connectivity index (χ1) is 29.9. The average molecular weight is 847 g/mol. The molecule has 2 heterocycles. The van der Waals surface area contributed by atoms with E-state index in [1.54, 1.807) is 12.3 Å². The van der Waals surface area contributed by atoms with E-state index in [1.807, 2.05) is 54.6 Å². The maximum absolute atomic E-state index is 13.2. The molecular weight excluding hydrogens is 779 g/mol. The zero-order chi connectivity index (χ0) is 43.8. The number of unbranched alkanes of at least 4 members (excludes halogenated alkanes) is 4. The number of rotatable bonds is 20. The summed E-state index contributed by atoms with van der Waals surface area (Å²) >= 11 is 0. The topological polar surface area (TPSA) is 196 Å². The molecule has 0 amide bonds. The molecule has 0 saturated heterocycles. The van der Waals surface area contributed by atoms with Crippen molar-refractivity contribution in [3.8, 4) is 22.8 Å². The summed E-state index contributed by atoms with van der Waals surface area (Å²) < 4.78 is 0. The summed E-state index contributed by atoms with van der Waals surface area (Å²) in [5.74, 6) is -1.67. The number of aliphatic hydroxyl groups excluding tert-OH is 2. The van der Waals surface area contributed by atoms with Gasteiger partial charge in [-0.05, 0) is 153 Å². The second kappa shape index (κ2) is 20.7. The maximum atomic E-state index is 13.2. The number of aliphatic carboxylic acids is 1. The minimum atomic E-state index is -1.14. The fourth-order valence-electron chi connectivity index (χ4n) is 11.5. The summed E-state index contributed by atoms with van der Waals surface area (Å²) in [7, 11) is 0.